The van der Waals surface area contributed by atoms with Crippen LogP contribution in [-0.2, 0) is 0 Å². The van der Waals surface area contributed by atoms with E-state index in [1.54, 1.807) is 5.56 Å². The molecule has 0 heterocycles. The van der Waals surface area contributed by atoms with Gasteiger partial charge in [-0.2, -0.15) is 0 Å². The fraction of sp³-hybridized carbons (Fsp3) is 0.333. The van der Waals surface area contributed by atoms with Gasteiger partial charge in [-0.1, -0.05) is 6.07 Å². The molecule has 50 valence electrons. The lowest BCUT2D eigenvalue weighted by atomic mass is 9.88. The second-order valence-corrected chi connectivity index (χ2v) is 3.34. The summed E-state index contributed by atoms with van der Waals surface area (Å²) in [6.07, 6.45) is 1.39. The number of anilines is 1. The van der Waals surface area contributed by atoms with E-state index in [2.05, 4.69) is 12.1 Å². The molecule has 2 N–H and O–H groups in total. The Labute approximate surface area is 59.9 Å². The molecule has 2 atom stereocenters. The van der Waals surface area contributed by atoms with E-state index in [1.807, 2.05) is 6.07 Å². The quantitative estimate of drug-likeness (QED) is 0.534. The molecule has 1 nitrogen and oxygen atoms in total. The van der Waals surface area contributed by atoms with Crippen molar-refractivity contribution in [3.8, 4) is 0 Å². The zero-order chi connectivity index (χ0) is 6.72. The summed E-state index contributed by atoms with van der Waals surface area (Å²) >= 11 is 0. The molecule has 0 amide bonds. The minimum atomic E-state index is 0.901. The summed E-state index contributed by atoms with van der Waals surface area (Å²) in [5, 5.41) is 0. The Bertz CT molecular complexity index is 304. The highest BCUT2D eigenvalue weighted by Gasteiger charge is 2.50. The van der Waals surface area contributed by atoms with Crippen LogP contribution in [-0.4, -0.2) is 0 Å². The molecule has 0 aromatic heterocycles. The largest absolute Gasteiger partial charge is 0.399 e. The van der Waals surface area contributed by atoms with Gasteiger partial charge >= 0.3 is 0 Å². The molecule has 1 saturated carbocycles. The molecule has 0 aliphatic heterocycles. The van der Waals surface area contributed by atoms with Crippen molar-refractivity contribution in [2.24, 2.45) is 0 Å². The van der Waals surface area contributed by atoms with Gasteiger partial charge in [0.05, 0.1) is 0 Å². The van der Waals surface area contributed by atoms with Crippen LogP contribution in [0.2, 0.25) is 0 Å². The molecular weight excluding hydrogens is 122 g/mol. The maximum atomic E-state index is 5.64. The highest BCUT2D eigenvalue weighted by atomic mass is 14.6. The van der Waals surface area contributed by atoms with Gasteiger partial charge in [0, 0.05) is 5.69 Å². The average molecular weight is 131 g/mol. The van der Waals surface area contributed by atoms with Crippen LogP contribution < -0.4 is 5.73 Å². The van der Waals surface area contributed by atoms with E-state index in [9.17, 15) is 0 Å². The van der Waals surface area contributed by atoms with Gasteiger partial charge in [0.2, 0.25) is 0 Å². The van der Waals surface area contributed by atoms with Crippen LogP contribution in [0.25, 0.3) is 0 Å². The highest BCUT2D eigenvalue weighted by molar-refractivity contribution is 5.58. The Kier molecular flexibility index (Phi) is 0.581. The molecule has 1 aromatic rings. The lowest BCUT2D eigenvalue weighted by Crippen LogP contribution is -2.01. The van der Waals surface area contributed by atoms with Crippen molar-refractivity contribution in [2.45, 2.75) is 18.3 Å². The van der Waals surface area contributed by atoms with E-state index in [0.29, 0.717) is 0 Å². The number of nitrogen functional groups attached to an aromatic ring is 1. The molecule has 1 heteroatoms. The minimum Gasteiger partial charge on any atom is -0.399 e. The van der Waals surface area contributed by atoms with Crippen molar-refractivity contribution in [3.63, 3.8) is 0 Å². The molecule has 10 heavy (non-hydrogen) atoms. The molecule has 1 fully saturated rings. The molecule has 1 aromatic carbocycles. The molecular formula is C9H9N. The second-order valence-electron chi connectivity index (χ2n) is 3.34. The van der Waals surface area contributed by atoms with Crippen LogP contribution >= 0.6 is 0 Å². The maximum absolute atomic E-state index is 5.64. The minimum absolute atomic E-state index is 0.901. The Hall–Kier alpha value is -0.980. The summed E-state index contributed by atoms with van der Waals surface area (Å²) in [7, 11) is 0. The fourth-order valence-corrected chi connectivity index (χ4v) is 2.04. The molecule has 0 bridgehead atoms. The summed E-state index contributed by atoms with van der Waals surface area (Å²) in [4.78, 5) is 0. The highest BCUT2D eigenvalue weighted by Crippen LogP contribution is 2.65. The monoisotopic (exact) mass is 131 g/mol. The van der Waals surface area contributed by atoms with Gasteiger partial charge in [-0.05, 0) is 41.5 Å². The van der Waals surface area contributed by atoms with Crippen LogP contribution in [0.1, 0.15) is 29.4 Å². The number of hydrogen-bond donors (Lipinski definition) is 1. The maximum Gasteiger partial charge on any atom is 0.0317 e. The topological polar surface area (TPSA) is 26.0 Å². The first-order chi connectivity index (χ1) is 4.86. The predicted molar refractivity (Wildman–Crippen MR) is 41.0 cm³/mol. The van der Waals surface area contributed by atoms with Gasteiger partial charge in [-0.15, -0.1) is 0 Å². The van der Waals surface area contributed by atoms with Crippen molar-refractivity contribution < 1.29 is 0 Å². The molecule has 0 saturated heterocycles. The summed E-state index contributed by atoms with van der Waals surface area (Å²) in [6.45, 7) is 0. The Morgan fingerprint density at radius 1 is 1.20 bits per heavy atom. The van der Waals surface area contributed by atoms with Crippen molar-refractivity contribution >= 4 is 5.69 Å². The van der Waals surface area contributed by atoms with Crippen LogP contribution in [0.3, 0.4) is 0 Å². The van der Waals surface area contributed by atoms with Gasteiger partial charge in [0.25, 0.3) is 0 Å². The van der Waals surface area contributed by atoms with Crippen molar-refractivity contribution in [3.05, 3.63) is 29.3 Å². The van der Waals surface area contributed by atoms with Gasteiger partial charge in [-0.3, -0.25) is 0 Å². The van der Waals surface area contributed by atoms with Gasteiger partial charge in [0.1, 0.15) is 0 Å². The first-order valence-electron chi connectivity index (χ1n) is 3.75. The lowest BCUT2D eigenvalue weighted by Gasteiger charge is -2.17. The van der Waals surface area contributed by atoms with E-state index >= 15 is 0 Å². The SMILES string of the molecule is Nc1ccc2c(c1)C1CC21. The Morgan fingerprint density at radius 3 is 2.90 bits per heavy atom. The van der Waals surface area contributed by atoms with Crippen LogP contribution in [0, 0.1) is 0 Å². The van der Waals surface area contributed by atoms with Gasteiger partial charge < -0.3 is 5.73 Å². The number of hydrogen-bond acceptors (Lipinski definition) is 1. The third kappa shape index (κ3) is 0.376. The predicted octanol–water partition coefficient (Wildman–Crippen LogP) is 1.85. The number of nitrogens with two attached hydrogens (primary N) is 1. The number of rotatable bonds is 0. The molecule has 3 rings (SSSR count). The van der Waals surface area contributed by atoms with Crippen molar-refractivity contribution in [1.82, 2.24) is 0 Å². The molecule has 2 aliphatic carbocycles. The van der Waals surface area contributed by atoms with E-state index in [0.717, 1.165) is 17.5 Å². The zero-order valence-electron chi connectivity index (χ0n) is 5.67. The first kappa shape index (κ1) is 4.78. The third-order valence-corrected chi connectivity index (χ3v) is 2.70. The smallest absolute Gasteiger partial charge is 0.0317 e. The summed E-state index contributed by atoms with van der Waals surface area (Å²) in [5.41, 5.74) is 9.64. The van der Waals surface area contributed by atoms with Gasteiger partial charge in [0.15, 0.2) is 0 Å². The molecule has 0 spiro atoms. The molecule has 0 radical (unpaired) electrons. The van der Waals surface area contributed by atoms with Crippen LogP contribution in [0.5, 0.6) is 0 Å². The Morgan fingerprint density at radius 2 is 2.00 bits per heavy atom. The zero-order valence-corrected chi connectivity index (χ0v) is 5.67. The average Bonchev–Trinajstić information content (AvgIpc) is 2.60. The Balaban J connectivity index is 2.25. The first-order valence-corrected chi connectivity index (χ1v) is 3.75. The lowest BCUT2D eigenvalue weighted by molar-refractivity contribution is 0.902. The summed E-state index contributed by atoms with van der Waals surface area (Å²) in [5.74, 6) is 1.83. The molecule has 2 unspecified atom stereocenters. The molecule has 2 aliphatic rings. The number of fused-ring (bicyclic) bond motifs is 4. The third-order valence-electron chi connectivity index (χ3n) is 2.70. The van der Waals surface area contributed by atoms with E-state index in [4.69, 9.17) is 5.73 Å². The van der Waals surface area contributed by atoms with E-state index in [-0.39, 0.29) is 0 Å². The summed E-state index contributed by atoms with van der Waals surface area (Å²) in [6, 6.07) is 6.32. The number of benzene rings is 1. The van der Waals surface area contributed by atoms with Crippen LogP contribution in [0.15, 0.2) is 18.2 Å². The summed E-state index contributed by atoms with van der Waals surface area (Å²) < 4.78 is 0. The van der Waals surface area contributed by atoms with Crippen molar-refractivity contribution in [2.75, 3.05) is 5.73 Å². The standard InChI is InChI=1S/C9H9N/c10-5-1-2-6-7(3-5)9-4-8(6)9/h1-3,8-9H,4,10H2. The van der Waals surface area contributed by atoms with Crippen LogP contribution in [0.4, 0.5) is 5.69 Å². The van der Waals surface area contributed by atoms with Crippen molar-refractivity contribution in [1.29, 1.82) is 0 Å². The van der Waals surface area contributed by atoms with E-state index < -0.39 is 0 Å². The fourth-order valence-electron chi connectivity index (χ4n) is 2.04. The van der Waals surface area contributed by atoms with Gasteiger partial charge in [-0.25, -0.2) is 0 Å². The van der Waals surface area contributed by atoms with E-state index in [1.165, 1.54) is 12.0 Å². The second kappa shape index (κ2) is 1.22. The normalized spacial score (nSPS) is 32.0.